The lowest BCUT2D eigenvalue weighted by Crippen LogP contribution is -2.32. The molecule has 1 aromatic rings. The van der Waals surface area contributed by atoms with Gasteiger partial charge in [-0.05, 0) is 13.0 Å². The van der Waals surface area contributed by atoms with E-state index in [9.17, 15) is 18.0 Å². The highest BCUT2D eigenvalue weighted by molar-refractivity contribution is 5.73. The standard InChI is InChI=1S/C10H12F3N3O/c1-6(15-7(2)17)5-8-3-4-14-9(16-8)10(11,12)13/h3-4,6H,5H2,1-2H3,(H,15,17). The van der Waals surface area contributed by atoms with Crippen molar-refractivity contribution in [2.45, 2.75) is 32.5 Å². The van der Waals surface area contributed by atoms with Gasteiger partial charge >= 0.3 is 6.18 Å². The second-order valence-electron chi connectivity index (χ2n) is 3.68. The predicted octanol–water partition coefficient (Wildman–Crippen LogP) is 1.56. The summed E-state index contributed by atoms with van der Waals surface area (Å²) in [5, 5.41) is 2.57. The van der Waals surface area contributed by atoms with E-state index in [0.29, 0.717) is 0 Å². The fourth-order valence-electron chi connectivity index (χ4n) is 1.36. The molecular formula is C10H12F3N3O. The fraction of sp³-hybridized carbons (Fsp3) is 0.500. The molecule has 4 nitrogen and oxygen atoms in total. The van der Waals surface area contributed by atoms with Gasteiger partial charge in [0.1, 0.15) is 0 Å². The van der Waals surface area contributed by atoms with Crippen LogP contribution in [0.2, 0.25) is 0 Å². The second-order valence-corrected chi connectivity index (χ2v) is 3.68. The third-order valence-corrected chi connectivity index (χ3v) is 1.93. The molecule has 0 saturated heterocycles. The molecule has 0 spiro atoms. The molecule has 17 heavy (non-hydrogen) atoms. The van der Waals surface area contributed by atoms with Gasteiger partial charge in [-0.15, -0.1) is 0 Å². The molecule has 0 aliphatic rings. The Balaban J connectivity index is 2.76. The molecule has 1 heterocycles. The number of halogens is 3. The lowest BCUT2D eigenvalue weighted by molar-refractivity contribution is -0.145. The summed E-state index contributed by atoms with van der Waals surface area (Å²) in [6, 6.07) is 1.12. The molecule has 0 bridgehead atoms. The van der Waals surface area contributed by atoms with Gasteiger partial charge in [-0.1, -0.05) is 0 Å². The van der Waals surface area contributed by atoms with Gasteiger partial charge in [-0.25, -0.2) is 9.97 Å². The first-order valence-corrected chi connectivity index (χ1v) is 4.95. The number of aromatic nitrogens is 2. The third kappa shape index (κ3) is 4.38. The number of nitrogens with zero attached hydrogens (tertiary/aromatic N) is 2. The molecule has 1 N–H and O–H groups in total. The number of carbonyl (C=O) groups is 1. The smallest absolute Gasteiger partial charge is 0.354 e. The van der Waals surface area contributed by atoms with E-state index >= 15 is 0 Å². The van der Waals surface area contributed by atoms with Gasteiger partial charge in [0.25, 0.3) is 0 Å². The number of rotatable bonds is 3. The second kappa shape index (κ2) is 5.11. The van der Waals surface area contributed by atoms with Crippen molar-refractivity contribution in [1.82, 2.24) is 15.3 Å². The summed E-state index contributed by atoms with van der Waals surface area (Å²) in [6.45, 7) is 3.04. The molecule has 0 aliphatic carbocycles. The Morgan fingerprint density at radius 1 is 1.53 bits per heavy atom. The summed E-state index contributed by atoms with van der Waals surface area (Å²) in [6.07, 6.45) is -3.26. The Morgan fingerprint density at radius 2 is 2.18 bits per heavy atom. The molecule has 7 heteroatoms. The topological polar surface area (TPSA) is 54.9 Å². The normalized spacial score (nSPS) is 13.2. The SMILES string of the molecule is CC(=O)NC(C)Cc1ccnc(C(F)(F)F)n1. The van der Waals surface area contributed by atoms with Crippen molar-refractivity contribution < 1.29 is 18.0 Å². The summed E-state index contributed by atoms with van der Waals surface area (Å²) in [5.74, 6) is -1.40. The van der Waals surface area contributed by atoms with Gasteiger partial charge in [0.2, 0.25) is 11.7 Å². The van der Waals surface area contributed by atoms with E-state index in [-0.39, 0.29) is 24.1 Å². The molecule has 0 aliphatic heterocycles. The largest absolute Gasteiger partial charge is 0.451 e. The van der Waals surface area contributed by atoms with E-state index in [4.69, 9.17) is 0 Å². The molecule has 0 saturated carbocycles. The minimum Gasteiger partial charge on any atom is -0.354 e. The highest BCUT2D eigenvalue weighted by Gasteiger charge is 2.34. The van der Waals surface area contributed by atoms with Crippen LogP contribution < -0.4 is 5.32 Å². The Kier molecular flexibility index (Phi) is 4.03. The van der Waals surface area contributed by atoms with Gasteiger partial charge in [0, 0.05) is 31.3 Å². The van der Waals surface area contributed by atoms with Crippen LogP contribution in [0, 0.1) is 0 Å². The van der Waals surface area contributed by atoms with E-state index in [1.807, 2.05) is 0 Å². The maximum atomic E-state index is 12.3. The third-order valence-electron chi connectivity index (χ3n) is 1.93. The average Bonchev–Trinajstić information content (AvgIpc) is 2.15. The fourth-order valence-corrected chi connectivity index (χ4v) is 1.36. The van der Waals surface area contributed by atoms with Crippen LogP contribution in [0.15, 0.2) is 12.3 Å². The molecule has 0 aromatic carbocycles. The van der Waals surface area contributed by atoms with Gasteiger partial charge in [-0.2, -0.15) is 13.2 Å². The number of hydrogen-bond acceptors (Lipinski definition) is 3. The number of hydrogen-bond donors (Lipinski definition) is 1. The van der Waals surface area contributed by atoms with E-state index in [2.05, 4.69) is 15.3 Å². The summed E-state index contributed by atoms with van der Waals surface area (Å²) in [5.41, 5.74) is 0.244. The van der Waals surface area contributed by atoms with E-state index < -0.39 is 12.0 Å². The van der Waals surface area contributed by atoms with Gasteiger partial charge in [-0.3, -0.25) is 4.79 Å². The monoisotopic (exact) mass is 247 g/mol. The highest BCUT2D eigenvalue weighted by atomic mass is 19.4. The van der Waals surface area contributed by atoms with E-state index in [1.54, 1.807) is 6.92 Å². The van der Waals surface area contributed by atoms with Crippen LogP contribution in [-0.4, -0.2) is 21.9 Å². The zero-order valence-corrected chi connectivity index (χ0v) is 9.38. The number of nitrogens with one attached hydrogen (secondary N) is 1. The molecule has 1 unspecified atom stereocenters. The first-order valence-electron chi connectivity index (χ1n) is 4.95. The van der Waals surface area contributed by atoms with Crippen LogP contribution in [0.3, 0.4) is 0 Å². The van der Waals surface area contributed by atoms with Gasteiger partial charge in [0.05, 0.1) is 0 Å². The van der Waals surface area contributed by atoms with E-state index in [1.165, 1.54) is 13.0 Å². The molecule has 1 atom stereocenters. The highest BCUT2D eigenvalue weighted by Crippen LogP contribution is 2.25. The molecule has 0 fully saturated rings. The summed E-state index contributed by atoms with van der Waals surface area (Å²) in [4.78, 5) is 17.3. The molecular weight excluding hydrogens is 235 g/mol. The van der Waals surface area contributed by atoms with Gasteiger partial charge in [0.15, 0.2) is 0 Å². The maximum absolute atomic E-state index is 12.3. The Bertz CT molecular complexity index is 406. The first-order chi connectivity index (χ1) is 7.79. The summed E-state index contributed by atoms with van der Waals surface area (Å²) in [7, 11) is 0. The summed E-state index contributed by atoms with van der Waals surface area (Å²) < 4.78 is 37.0. The van der Waals surface area contributed by atoms with Crippen LogP contribution in [0.1, 0.15) is 25.4 Å². The van der Waals surface area contributed by atoms with Crippen LogP contribution in [0.25, 0.3) is 0 Å². The molecule has 94 valence electrons. The van der Waals surface area contributed by atoms with Crippen molar-refractivity contribution in [3.8, 4) is 0 Å². The van der Waals surface area contributed by atoms with Crippen LogP contribution >= 0.6 is 0 Å². The lowest BCUT2D eigenvalue weighted by atomic mass is 10.2. The Hall–Kier alpha value is -1.66. The Morgan fingerprint density at radius 3 is 2.71 bits per heavy atom. The zero-order chi connectivity index (χ0) is 13.1. The van der Waals surface area contributed by atoms with Crippen molar-refractivity contribution in [1.29, 1.82) is 0 Å². The minimum atomic E-state index is -4.55. The zero-order valence-electron chi connectivity index (χ0n) is 9.38. The van der Waals surface area contributed by atoms with Crippen molar-refractivity contribution in [2.75, 3.05) is 0 Å². The van der Waals surface area contributed by atoms with Crippen LogP contribution in [-0.2, 0) is 17.4 Å². The van der Waals surface area contributed by atoms with Crippen LogP contribution in [0.4, 0.5) is 13.2 Å². The van der Waals surface area contributed by atoms with Crippen molar-refractivity contribution in [2.24, 2.45) is 0 Å². The molecule has 1 rings (SSSR count). The lowest BCUT2D eigenvalue weighted by Gasteiger charge is -2.12. The number of carbonyl (C=O) groups excluding carboxylic acids is 1. The molecule has 1 amide bonds. The quantitative estimate of drug-likeness (QED) is 0.881. The van der Waals surface area contributed by atoms with E-state index in [0.717, 1.165) is 6.20 Å². The average molecular weight is 247 g/mol. The van der Waals surface area contributed by atoms with Crippen molar-refractivity contribution >= 4 is 5.91 Å². The van der Waals surface area contributed by atoms with Crippen LogP contribution in [0.5, 0.6) is 0 Å². The molecule has 1 aromatic heterocycles. The maximum Gasteiger partial charge on any atom is 0.451 e. The van der Waals surface area contributed by atoms with Gasteiger partial charge < -0.3 is 5.32 Å². The summed E-state index contributed by atoms with van der Waals surface area (Å²) >= 11 is 0. The Labute approximate surface area is 96.3 Å². The van der Waals surface area contributed by atoms with Crippen molar-refractivity contribution in [3.63, 3.8) is 0 Å². The number of alkyl halides is 3. The minimum absolute atomic E-state index is 0.227. The first kappa shape index (κ1) is 13.4. The predicted molar refractivity (Wildman–Crippen MR) is 54.0 cm³/mol. The van der Waals surface area contributed by atoms with Crippen molar-refractivity contribution in [3.05, 3.63) is 23.8 Å². The molecule has 0 radical (unpaired) electrons. The number of amides is 1.